The van der Waals surface area contributed by atoms with Crippen LogP contribution in [0.1, 0.15) is 93.0 Å². The first-order valence-electron chi connectivity index (χ1n) is 17.0. The first-order chi connectivity index (χ1) is 23.1. The van der Waals surface area contributed by atoms with Crippen molar-refractivity contribution in [3.63, 3.8) is 0 Å². The number of pyridine rings is 1. The highest BCUT2D eigenvalue weighted by molar-refractivity contribution is 5.95. The summed E-state index contributed by atoms with van der Waals surface area (Å²) in [5, 5.41) is 24.4. The van der Waals surface area contributed by atoms with Crippen LogP contribution in [-0.4, -0.2) is 68.9 Å². The molecule has 1 fully saturated rings. The summed E-state index contributed by atoms with van der Waals surface area (Å²) in [7, 11) is 0. The van der Waals surface area contributed by atoms with Crippen LogP contribution in [0.5, 0.6) is 0 Å². The molecule has 13 nitrogen and oxygen atoms in total. The average molecular weight is 671 g/mol. The molecule has 4 rings (SSSR count). The summed E-state index contributed by atoms with van der Waals surface area (Å²) in [5.41, 5.74) is 0.608. The number of imidazole rings is 1. The second-order valence-corrected chi connectivity index (χ2v) is 12.2. The molecule has 0 unspecified atom stereocenters. The molecule has 3 aromatic rings. The number of halogens is 1. The number of aryl methyl sites for hydroxylation is 2. The van der Waals surface area contributed by atoms with E-state index in [0.717, 1.165) is 70.9 Å². The number of carbonyl (C=O) groups is 2. The predicted octanol–water partition coefficient (Wildman–Crippen LogP) is 5.37. The molecule has 0 spiro atoms. The van der Waals surface area contributed by atoms with E-state index >= 15 is 4.39 Å². The zero-order chi connectivity index (χ0) is 34.6. The van der Waals surface area contributed by atoms with E-state index in [-0.39, 0.29) is 35.9 Å². The number of nitro groups is 1. The van der Waals surface area contributed by atoms with Crippen molar-refractivity contribution in [1.82, 2.24) is 19.4 Å². The Bertz CT molecular complexity index is 1650. The molecule has 0 aliphatic carbocycles. The predicted molar refractivity (Wildman–Crippen MR) is 180 cm³/mol. The number of benzene rings is 1. The van der Waals surface area contributed by atoms with Crippen LogP contribution < -0.4 is 15.6 Å². The van der Waals surface area contributed by atoms with Gasteiger partial charge >= 0.3 is 17.8 Å². The van der Waals surface area contributed by atoms with Gasteiger partial charge in [-0.25, -0.2) is 18.7 Å². The third-order valence-corrected chi connectivity index (χ3v) is 9.02. The van der Waals surface area contributed by atoms with Crippen LogP contribution in [-0.2, 0) is 29.0 Å². The highest BCUT2D eigenvalue weighted by atomic mass is 19.1. The van der Waals surface area contributed by atoms with Crippen LogP contribution in [0.2, 0.25) is 0 Å². The molecule has 0 atom stereocenters. The lowest BCUT2D eigenvalue weighted by atomic mass is 10.0. The molecule has 0 amide bonds. The van der Waals surface area contributed by atoms with Gasteiger partial charge in [0.1, 0.15) is 30.7 Å². The van der Waals surface area contributed by atoms with Crippen LogP contribution in [0, 0.1) is 22.9 Å². The molecule has 262 valence electrons. The summed E-state index contributed by atoms with van der Waals surface area (Å²) in [6.07, 6.45) is 10.4. The highest BCUT2D eigenvalue weighted by Gasteiger charge is 2.24. The number of carboxylic acids is 1. The van der Waals surface area contributed by atoms with Gasteiger partial charge in [0.25, 0.3) is 0 Å². The Morgan fingerprint density at radius 3 is 2.31 bits per heavy atom. The summed E-state index contributed by atoms with van der Waals surface area (Å²) < 4.78 is 23.7. The van der Waals surface area contributed by atoms with Gasteiger partial charge < -0.3 is 34.7 Å². The molecule has 0 saturated carbocycles. The lowest BCUT2D eigenvalue weighted by molar-refractivity contribution is -0.392. The normalized spacial score (nSPS) is 13.3. The van der Waals surface area contributed by atoms with Crippen molar-refractivity contribution in [1.29, 1.82) is 0 Å². The van der Waals surface area contributed by atoms with Crippen LogP contribution in [0.15, 0.2) is 23.1 Å². The van der Waals surface area contributed by atoms with E-state index in [1.807, 2.05) is 16.4 Å². The van der Waals surface area contributed by atoms with Crippen LogP contribution in [0.3, 0.4) is 0 Å². The number of piperazine rings is 1. The number of anilines is 1. The maximum absolute atomic E-state index is 15.1. The van der Waals surface area contributed by atoms with E-state index in [9.17, 15) is 29.6 Å². The molecule has 0 bridgehead atoms. The van der Waals surface area contributed by atoms with Crippen LogP contribution in [0.25, 0.3) is 10.9 Å². The molecule has 0 radical (unpaired) electrons. The number of nitrogens with zero attached hydrogens (tertiary/aromatic N) is 5. The third-order valence-electron chi connectivity index (χ3n) is 9.02. The Hall–Kier alpha value is -4.33. The average Bonchev–Trinajstić information content (AvgIpc) is 3.44. The monoisotopic (exact) mass is 670 g/mol. The van der Waals surface area contributed by atoms with Crippen molar-refractivity contribution in [2.45, 2.75) is 97.6 Å². The molecule has 48 heavy (non-hydrogen) atoms. The van der Waals surface area contributed by atoms with Crippen molar-refractivity contribution in [3.8, 4) is 0 Å². The highest BCUT2D eigenvalue weighted by Crippen LogP contribution is 2.28. The number of nitrogens with one attached hydrogen (secondary N) is 1. The number of hydrogen-bond acceptors (Lipinski definition) is 9. The number of aromatic nitrogens is 3. The molecule has 1 aromatic carbocycles. The number of fused-ring (bicyclic) bond motifs is 1. The largest absolute Gasteiger partial charge is 0.477 e. The third kappa shape index (κ3) is 9.18. The summed E-state index contributed by atoms with van der Waals surface area (Å²) in [5.74, 6) is -1.73. The van der Waals surface area contributed by atoms with Gasteiger partial charge in [-0.15, -0.1) is 0 Å². The van der Waals surface area contributed by atoms with E-state index < -0.39 is 22.1 Å². The number of carboxylic acid groups (broad SMARTS) is 1. The Morgan fingerprint density at radius 1 is 1.04 bits per heavy atom. The molecular formula is C34H47FN6O7. The van der Waals surface area contributed by atoms with Gasteiger partial charge in [-0.1, -0.05) is 44.9 Å². The minimum Gasteiger partial charge on any atom is -0.477 e. The quantitative estimate of drug-likeness (QED) is 0.0734. The minimum atomic E-state index is -1.28. The number of carbonyl (C=O) groups excluding carboxylic acids is 1. The topological polar surface area (TPSA) is 162 Å². The van der Waals surface area contributed by atoms with Crippen molar-refractivity contribution in [3.05, 3.63) is 61.6 Å². The standard InChI is InChI=1S/C34H47FN6O7/c1-3-39-27(32(34(44)45)33(43)25-21-26(35)29(22-28(25)39)38-17-15-36-16-18-38)13-11-9-7-5-4-6-8-10-12-14-31(42)48-20-19-40-24(2)37-23-30(40)41(46)47/h21-23,36H,3-20H2,1-2H3,(H,44,45). The first-order valence-corrected chi connectivity index (χ1v) is 17.0. The van der Waals surface area contributed by atoms with Crippen molar-refractivity contribution < 1.29 is 28.7 Å². The van der Waals surface area contributed by atoms with E-state index in [4.69, 9.17) is 4.74 Å². The Labute approximate surface area is 279 Å². The van der Waals surface area contributed by atoms with Gasteiger partial charge in [0, 0.05) is 57.1 Å². The van der Waals surface area contributed by atoms with Gasteiger partial charge in [-0.3, -0.25) is 9.59 Å². The fourth-order valence-electron chi connectivity index (χ4n) is 6.49. The Balaban J connectivity index is 1.18. The summed E-state index contributed by atoms with van der Waals surface area (Å²) in [4.78, 5) is 54.0. The summed E-state index contributed by atoms with van der Waals surface area (Å²) >= 11 is 0. The van der Waals surface area contributed by atoms with Gasteiger partial charge in [0.15, 0.2) is 5.82 Å². The van der Waals surface area contributed by atoms with Gasteiger partial charge in [0.2, 0.25) is 5.43 Å². The number of esters is 1. The maximum Gasteiger partial charge on any atom is 0.342 e. The number of hydrogen-bond donors (Lipinski definition) is 2. The molecule has 2 aromatic heterocycles. The summed E-state index contributed by atoms with van der Waals surface area (Å²) in [6, 6.07) is 2.91. The summed E-state index contributed by atoms with van der Waals surface area (Å²) in [6.45, 7) is 7.07. The first kappa shape index (κ1) is 36.5. The van der Waals surface area contributed by atoms with E-state index in [1.165, 1.54) is 16.8 Å². The van der Waals surface area contributed by atoms with Gasteiger partial charge in [-0.05, 0) is 43.2 Å². The molecule has 1 saturated heterocycles. The van der Waals surface area contributed by atoms with Crippen molar-refractivity contribution in [2.75, 3.05) is 37.7 Å². The lowest BCUT2D eigenvalue weighted by Crippen LogP contribution is -2.44. The van der Waals surface area contributed by atoms with E-state index in [2.05, 4.69) is 10.3 Å². The second kappa shape index (κ2) is 17.7. The lowest BCUT2D eigenvalue weighted by Gasteiger charge is -2.30. The molecule has 1 aliphatic rings. The van der Waals surface area contributed by atoms with Crippen molar-refractivity contribution >= 4 is 34.3 Å². The molecule has 14 heteroatoms. The maximum atomic E-state index is 15.1. The molecule has 2 N–H and O–H groups in total. The number of ether oxygens (including phenoxy) is 1. The zero-order valence-electron chi connectivity index (χ0n) is 28.0. The van der Waals surface area contributed by atoms with Crippen LogP contribution in [0.4, 0.5) is 15.9 Å². The SMILES string of the molecule is CCn1c(CCCCCCCCCCCC(=O)OCCn2c([N+](=O)[O-])cnc2C)c(C(=O)O)c(=O)c2cc(F)c(N3CCNCC3)cc21. The zero-order valence-corrected chi connectivity index (χ0v) is 28.0. The smallest absolute Gasteiger partial charge is 0.342 e. The van der Waals surface area contributed by atoms with E-state index in [1.54, 1.807) is 13.0 Å². The minimum absolute atomic E-state index is 0.0591. The number of rotatable bonds is 19. The number of unbranched alkanes of at least 4 members (excludes halogenated alkanes) is 8. The fraction of sp³-hybridized carbons (Fsp3) is 0.588. The fourth-order valence-corrected chi connectivity index (χ4v) is 6.49. The second-order valence-electron chi connectivity index (χ2n) is 12.2. The molecule has 1 aliphatic heterocycles. The van der Waals surface area contributed by atoms with Gasteiger partial charge in [0.05, 0.1) is 11.2 Å². The van der Waals surface area contributed by atoms with E-state index in [0.29, 0.717) is 55.2 Å². The Kier molecular flexibility index (Phi) is 13.5. The molecular weight excluding hydrogens is 623 g/mol. The Morgan fingerprint density at radius 2 is 1.69 bits per heavy atom. The van der Waals surface area contributed by atoms with Crippen LogP contribution >= 0.6 is 0 Å². The molecule has 3 heterocycles. The van der Waals surface area contributed by atoms with Crippen molar-refractivity contribution in [2.24, 2.45) is 0 Å². The van der Waals surface area contributed by atoms with Gasteiger partial charge in [-0.2, -0.15) is 0 Å². The number of aromatic carboxylic acids is 1.